The second-order valence-electron chi connectivity index (χ2n) is 5.08. The number of hydrogen-bond donors (Lipinski definition) is 2. The maximum atomic E-state index is 12.1. The van der Waals surface area contributed by atoms with E-state index in [0.717, 1.165) is 19.4 Å². The molecule has 1 aliphatic rings. The lowest BCUT2D eigenvalue weighted by Gasteiger charge is -2.27. The number of carbonyl (C=O) groups is 1. The van der Waals surface area contributed by atoms with Gasteiger partial charge in [0.05, 0.1) is 12.6 Å². The Balaban J connectivity index is 1.84. The van der Waals surface area contributed by atoms with E-state index in [1.165, 1.54) is 16.9 Å². The van der Waals surface area contributed by atoms with Crippen LogP contribution in [-0.2, 0) is 17.8 Å². The molecule has 0 aliphatic carbocycles. The molecule has 0 radical (unpaired) electrons. The molecule has 3 nitrogen and oxygen atoms in total. The van der Waals surface area contributed by atoms with Gasteiger partial charge < -0.3 is 10.6 Å². The summed E-state index contributed by atoms with van der Waals surface area (Å²) in [5, 5.41) is 8.46. The van der Waals surface area contributed by atoms with Gasteiger partial charge in [0, 0.05) is 4.88 Å². The fraction of sp³-hybridized carbons (Fsp3) is 0.643. The Kier molecular flexibility index (Phi) is 4.78. The van der Waals surface area contributed by atoms with Gasteiger partial charge in [0.1, 0.15) is 0 Å². The Morgan fingerprint density at radius 3 is 3.17 bits per heavy atom. The smallest absolute Gasteiger partial charge is 0.237 e. The topological polar surface area (TPSA) is 41.1 Å². The molecule has 1 saturated heterocycles. The molecule has 2 N–H and O–H groups in total. The van der Waals surface area contributed by atoms with Gasteiger partial charge in [-0.1, -0.05) is 13.8 Å². The van der Waals surface area contributed by atoms with E-state index < -0.39 is 0 Å². The first-order valence-corrected chi connectivity index (χ1v) is 7.65. The summed E-state index contributed by atoms with van der Waals surface area (Å²) in [7, 11) is 0. The van der Waals surface area contributed by atoms with E-state index in [9.17, 15) is 4.79 Å². The van der Waals surface area contributed by atoms with Crippen molar-refractivity contribution in [1.82, 2.24) is 10.6 Å². The van der Waals surface area contributed by atoms with Crippen LogP contribution in [0.15, 0.2) is 11.4 Å². The quantitative estimate of drug-likeness (QED) is 0.878. The zero-order valence-corrected chi connectivity index (χ0v) is 12.0. The second kappa shape index (κ2) is 6.34. The van der Waals surface area contributed by atoms with Gasteiger partial charge in [-0.15, -0.1) is 11.3 Å². The molecule has 2 rings (SSSR count). The van der Waals surface area contributed by atoms with Gasteiger partial charge in [-0.2, -0.15) is 0 Å². The van der Waals surface area contributed by atoms with Crippen molar-refractivity contribution in [3.63, 3.8) is 0 Å². The molecular weight excluding hydrogens is 244 g/mol. The van der Waals surface area contributed by atoms with Crippen molar-refractivity contribution in [3.05, 3.63) is 21.9 Å². The predicted octanol–water partition coefficient (Wildman–Crippen LogP) is 2.31. The van der Waals surface area contributed by atoms with Crippen molar-refractivity contribution in [3.8, 4) is 0 Å². The number of amides is 1. The fourth-order valence-corrected chi connectivity index (χ4v) is 3.35. The van der Waals surface area contributed by atoms with Crippen molar-refractivity contribution in [2.24, 2.45) is 5.92 Å². The van der Waals surface area contributed by atoms with Crippen molar-refractivity contribution in [2.75, 3.05) is 6.54 Å². The van der Waals surface area contributed by atoms with Crippen LogP contribution in [0, 0.1) is 5.92 Å². The number of piperidine rings is 1. The summed E-state index contributed by atoms with van der Waals surface area (Å²) in [4.78, 5) is 13.4. The highest BCUT2D eigenvalue weighted by molar-refractivity contribution is 7.10. The summed E-state index contributed by atoms with van der Waals surface area (Å²) in [6.45, 7) is 6.00. The first-order chi connectivity index (χ1) is 8.70. The van der Waals surface area contributed by atoms with Gasteiger partial charge >= 0.3 is 0 Å². The lowest BCUT2D eigenvalue weighted by atomic mass is 9.94. The summed E-state index contributed by atoms with van der Waals surface area (Å²) in [6.07, 6.45) is 3.17. The van der Waals surface area contributed by atoms with Crippen LogP contribution in [0.3, 0.4) is 0 Å². The molecule has 0 bridgehead atoms. The maximum Gasteiger partial charge on any atom is 0.237 e. The molecule has 0 saturated carbocycles. The molecule has 0 aromatic carbocycles. The maximum absolute atomic E-state index is 12.1. The molecule has 2 atom stereocenters. The molecule has 1 aromatic heterocycles. The number of rotatable bonds is 4. The summed E-state index contributed by atoms with van der Waals surface area (Å²) in [6, 6.07) is 2.14. The standard InChI is InChI=1S/C14H22N2OS/c1-3-11-5-7-18-13(11)9-16-14(17)12-8-10(2)4-6-15-12/h5,7,10,12,15H,3-4,6,8-9H2,1-2H3,(H,16,17). The Morgan fingerprint density at radius 1 is 1.61 bits per heavy atom. The van der Waals surface area contributed by atoms with Crippen LogP contribution in [0.25, 0.3) is 0 Å². The van der Waals surface area contributed by atoms with E-state index in [1.807, 2.05) is 0 Å². The Bertz CT molecular complexity index is 402. The van der Waals surface area contributed by atoms with E-state index in [1.54, 1.807) is 11.3 Å². The van der Waals surface area contributed by atoms with Gasteiger partial charge in [0.2, 0.25) is 5.91 Å². The lowest BCUT2D eigenvalue weighted by Crippen LogP contribution is -2.48. The van der Waals surface area contributed by atoms with E-state index >= 15 is 0 Å². The van der Waals surface area contributed by atoms with Crippen LogP contribution in [0.2, 0.25) is 0 Å². The van der Waals surface area contributed by atoms with E-state index in [0.29, 0.717) is 12.5 Å². The summed E-state index contributed by atoms with van der Waals surface area (Å²) < 4.78 is 0. The van der Waals surface area contributed by atoms with E-state index in [2.05, 4.69) is 35.9 Å². The van der Waals surface area contributed by atoms with Crippen LogP contribution < -0.4 is 10.6 Å². The first-order valence-electron chi connectivity index (χ1n) is 6.77. The summed E-state index contributed by atoms with van der Waals surface area (Å²) in [5.41, 5.74) is 1.35. The number of aryl methyl sites for hydroxylation is 1. The Hall–Kier alpha value is -0.870. The molecule has 2 unspecified atom stereocenters. The summed E-state index contributed by atoms with van der Waals surface area (Å²) >= 11 is 1.73. The highest BCUT2D eigenvalue weighted by Crippen LogP contribution is 2.18. The van der Waals surface area contributed by atoms with Crippen LogP contribution in [-0.4, -0.2) is 18.5 Å². The number of nitrogens with one attached hydrogen (secondary N) is 2. The van der Waals surface area contributed by atoms with Crippen molar-refractivity contribution < 1.29 is 4.79 Å². The predicted molar refractivity (Wildman–Crippen MR) is 75.7 cm³/mol. The van der Waals surface area contributed by atoms with Crippen molar-refractivity contribution >= 4 is 17.2 Å². The Morgan fingerprint density at radius 2 is 2.44 bits per heavy atom. The zero-order chi connectivity index (χ0) is 13.0. The third-order valence-corrected chi connectivity index (χ3v) is 4.59. The molecule has 1 fully saturated rings. The molecule has 0 spiro atoms. The zero-order valence-electron chi connectivity index (χ0n) is 11.2. The molecule has 1 aliphatic heterocycles. The number of thiophene rings is 1. The number of carbonyl (C=O) groups excluding carboxylic acids is 1. The monoisotopic (exact) mass is 266 g/mol. The molecule has 2 heterocycles. The van der Waals surface area contributed by atoms with Crippen LogP contribution >= 0.6 is 11.3 Å². The van der Waals surface area contributed by atoms with E-state index in [4.69, 9.17) is 0 Å². The molecular formula is C14H22N2OS. The summed E-state index contributed by atoms with van der Waals surface area (Å²) in [5.74, 6) is 0.798. The van der Waals surface area contributed by atoms with Crippen molar-refractivity contribution in [2.45, 2.75) is 45.7 Å². The van der Waals surface area contributed by atoms with E-state index in [-0.39, 0.29) is 11.9 Å². The minimum absolute atomic E-state index is 0.00112. The highest BCUT2D eigenvalue weighted by atomic mass is 32.1. The third kappa shape index (κ3) is 3.33. The molecule has 4 heteroatoms. The first kappa shape index (κ1) is 13.6. The fourth-order valence-electron chi connectivity index (χ4n) is 2.43. The van der Waals surface area contributed by atoms with Crippen LogP contribution in [0.4, 0.5) is 0 Å². The van der Waals surface area contributed by atoms with Crippen molar-refractivity contribution in [1.29, 1.82) is 0 Å². The molecule has 100 valence electrons. The van der Waals surface area contributed by atoms with Gasteiger partial charge in [0.15, 0.2) is 0 Å². The molecule has 18 heavy (non-hydrogen) atoms. The molecule has 1 amide bonds. The largest absolute Gasteiger partial charge is 0.350 e. The van der Waals surface area contributed by atoms with Gasteiger partial charge in [-0.3, -0.25) is 4.79 Å². The number of hydrogen-bond acceptors (Lipinski definition) is 3. The minimum Gasteiger partial charge on any atom is -0.350 e. The average Bonchev–Trinajstić information content (AvgIpc) is 2.83. The average molecular weight is 266 g/mol. The van der Waals surface area contributed by atoms with Gasteiger partial charge in [-0.25, -0.2) is 0 Å². The lowest BCUT2D eigenvalue weighted by molar-refractivity contribution is -0.124. The van der Waals surface area contributed by atoms with Crippen LogP contribution in [0.1, 0.15) is 37.1 Å². The van der Waals surface area contributed by atoms with Gasteiger partial charge in [-0.05, 0) is 48.7 Å². The third-order valence-electron chi connectivity index (χ3n) is 3.62. The Labute approximate surface area is 113 Å². The van der Waals surface area contributed by atoms with Gasteiger partial charge in [0.25, 0.3) is 0 Å². The SMILES string of the molecule is CCc1ccsc1CNC(=O)C1CC(C)CCN1. The minimum atomic E-state index is -0.00112. The highest BCUT2D eigenvalue weighted by Gasteiger charge is 2.24. The second-order valence-corrected chi connectivity index (χ2v) is 6.08. The molecule has 1 aromatic rings. The van der Waals surface area contributed by atoms with Crippen LogP contribution in [0.5, 0.6) is 0 Å². The normalized spacial score (nSPS) is 23.9.